The minimum absolute atomic E-state index is 0.0268. The van der Waals surface area contributed by atoms with Crippen LogP contribution in [0.2, 0.25) is 0 Å². The lowest BCUT2D eigenvalue weighted by atomic mass is 10.1. The van der Waals surface area contributed by atoms with Crippen molar-refractivity contribution >= 4 is 11.7 Å². The molecule has 0 fully saturated rings. The van der Waals surface area contributed by atoms with E-state index < -0.39 is 0 Å². The van der Waals surface area contributed by atoms with Gasteiger partial charge in [-0.15, -0.1) is 0 Å². The Morgan fingerprint density at radius 2 is 2.06 bits per heavy atom. The first-order valence-corrected chi connectivity index (χ1v) is 5.44. The molecule has 0 aliphatic carbocycles. The molecule has 0 bridgehead atoms. The molecule has 6 heteroatoms. The topological polar surface area (TPSA) is 99.7 Å². The number of oxime groups is 1. The smallest absolute Gasteiger partial charge is 0.221 e. The van der Waals surface area contributed by atoms with E-state index in [9.17, 15) is 4.79 Å². The fourth-order valence-corrected chi connectivity index (χ4v) is 1.12. The van der Waals surface area contributed by atoms with Crippen LogP contribution in [0.5, 0.6) is 0 Å². The number of hydrogen-bond acceptors (Lipinski definition) is 4. The molecule has 16 heavy (non-hydrogen) atoms. The second-order valence-electron chi connectivity index (χ2n) is 4.10. The molecule has 0 saturated heterocycles. The van der Waals surface area contributed by atoms with Crippen molar-refractivity contribution in [3.05, 3.63) is 0 Å². The molecule has 6 nitrogen and oxygen atoms in total. The Hall–Kier alpha value is -1.30. The van der Waals surface area contributed by atoms with Crippen LogP contribution >= 0.6 is 0 Å². The summed E-state index contributed by atoms with van der Waals surface area (Å²) in [6, 6.07) is 0.170. The van der Waals surface area contributed by atoms with Gasteiger partial charge < -0.3 is 21.6 Å². The maximum Gasteiger partial charge on any atom is 0.221 e. The van der Waals surface area contributed by atoms with E-state index in [-0.39, 0.29) is 23.7 Å². The molecule has 0 spiro atoms. The Bertz CT molecular complexity index is 241. The summed E-state index contributed by atoms with van der Waals surface area (Å²) in [6.07, 6.45) is 0.432. The van der Waals surface area contributed by atoms with Gasteiger partial charge in [-0.1, -0.05) is 12.1 Å². The van der Waals surface area contributed by atoms with Crippen LogP contribution in [0.15, 0.2) is 5.16 Å². The standard InChI is InChI=1S/C10H22N4O2/c1-7(2)13-9(15)4-5-12-6-8(3)10(11)14-16/h7-8,12,16H,4-6H2,1-3H3,(H2,11,14)(H,13,15). The molecule has 0 aromatic rings. The van der Waals surface area contributed by atoms with Gasteiger partial charge in [0, 0.05) is 31.5 Å². The zero-order valence-electron chi connectivity index (χ0n) is 10.2. The molecule has 0 aromatic heterocycles. The van der Waals surface area contributed by atoms with Gasteiger partial charge in [-0.05, 0) is 13.8 Å². The highest BCUT2D eigenvalue weighted by Gasteiger charge is 2.07. The van der Waals surface area contributed by atoms with Crippen molar-refractivity contribution in [2.24, 2.45) is 16.8 Å². The second-order valence-corrected chi connectivity index (χ2v) is 4.10. The largest absolute Gasteiger partial charge is 0.409 e. The zero-order chi connectivity index (χ0) is 12.6. The normalized spacial score (nSPS) is 13.9. The lowest BCUT2D eigenvalue weighted by molar-refractivity contribution is -0.121. The molecule has 0 heterocycles. The van der Waals surface area contributed by atoms with Gasteiger partial charge in [0.25, 0.3) is 0 Å². The van der Waals surface area contributed by atoms with E-state index in [0.29, 0.717) is 19.5 Å². The van der Waals surface area contributed by atoms with Gasteiger partial charge in [0.05, 0.1) is 0 Å². The maximum atomic E-state index is 11.2. The second kappa shape index (κ2) is 7.92. The van der Waals surface area contributed by atoms with Crippen molar-refractivity contribution in [2.75, 3.05) is 13.1 Å². The Kier molecular flexibility index (Phi) is 7.28. The summed E-state index contributed by atoms with van der Waals surface area (Å²) in [7, 11) is 0. The molecular weight excluding hydrogens is 208 g/mol. The van der Waals surface area contributed by atoms with E-state index in [1.165, 1.54) is 0 Å². The van der Waals surface area contributed by atoms with Crippen molar-refractivity contribution < 1.29 is 10.0 Å². The summed E-state index contributed by atoms with van der Waals surface area (Å²) in [4.78, 5) is 11.2. The number of amidine groups is 1. The Labute approximate surface area is 96.3 Å². The quantitative estimate of drug-likeness (QED) is 0.161. The summed E-state index contributed by atoms with van der Waals surface area (Å²) in [5.41, 5.74) is 5.41. The van der Waals surface area contributed by atoms with Crippen LogP contribution in [0.3, 0.4) is 0 Å². The minimum atomic E-state index is -0.0434. The fourth-order valence-electron chi connectivity index (χ4n) is 1.12. The average Bonchev–Trinajstić information content (AvgIpc) is 2.21. The predicted octanol–water partition coefficient (Wildman–Crippen LogP) is -0.127. The first-order chi connectivity index (χ1) is 7.47. The summed E-state index contributed by atoms with van der Waals surface area (Å²) in [5.74, 6) is 0.177. The Balaban J connectivity index is 3.57. The van der Waals surface area contributed by atoms with Crippen LogP contribution in [0.1, 0.15) is 27.2 Å². The first-order valence-electron chi connectivity index (χ1n) is 5.44. The summed E-state index contributed by atoms with van der Waals surface area (Å²) < 4.78 is 0. The number of nitrogens with two attached hydrogens (primary N) is 1. The third kappa shape index (κ3) is 7.05. The molecule has 1 unspecified atom stereocenters. The molecule has 5 N–H and O–H groups in total. The van der Waals surface area contributed by atoms with Crippen molar-refractivity contribution in [1.29, 1.82) is 0 Å². The van der Waals surface area contributed by atoms with Crippen LogP contribution in [0, 0.1) is 5.92 Å². The van der Waals surface area contributed by atoms with E-state index in [0.717, 1.165) is 0 Å². The van der Waals surface area contributed by atoms with Gasteiger partial charge in [-0.25, -0.2) is 0 Å². The van der Waals surface area contributed by atoms with Gasteiger partial charge in [0.15, 0.2) is 0 Å². The molecule has 0 aromatic carbocycles. The molecule has 1 atom stereocenters. The molecule has 0 aliphatic rings. The lowest BCUT2D eigenvalue weighted by Crippen LogP contribution is -2.35. The van der Waals surface area contributed by atoms with Gasteiger partial charge in [0.1, 0.15) is 5.84 Å². The molecule has 0 aliphatic heterocycles. The Morgan fingerprint density at radius 1 is 1.44 bits per heavy atom. The van der Waals surface area contributed by atoms with E-state index in [2.05, 4.69) is 15.8 Å². The molecular formula is C10H22N4O2. The summed E-state index contributed by atoms with van der Waals surface area (Å²) >= 11 is 0. The number of carbonyl (C=O) groups excluding carboxylic acids is 1. The highest BCUT2D eigenvalue weighted by atomic mass is 16.4. The van der Waals surface area contributed by atoms with E-state index in [4.69, 9.17) is 10.9 Å². The van der Waals surface area contributed by atoms with Crippen molar-refractivity contribution in [3.63, 3.8) is 0 Å². The van der Waals surface area contributed by atoms with Gasteiger partial charge >= 0.3 is 0 Å². The van der Waals surface area contributed by atoms with E-state index in [1.807, 2.05) is 20.8 Å². The molecule has 0 rings (SSSR count). The SMILES string of the molecule is CC(C)NC(=O)CCNCC(C)C(N)=NO. The number of hydrogen-bond donors (Lipinski definition) is 4. The monoisotopic (exact) mass is 230 g/mol. The lowest BCUT2D eigenvalue weighted by Gasteiger charge is -2.11. The van der Waals surface area contributed by atoms with Crippen LogP contribution in [-0.4, -0.2) is 36.1 Å². The summed E-state index contributed by atoms with van der Waals surface area (Å²) in [5, 5.41) is 17.2. The number of nitrogens with one attached hydrogen (secondary N) is 2. The van der Waals surface area contributed by atoms with Crippen LogP contribution in [0.25, 0.3) is 0 Å². The van der Waals surface area contributed by atoms with Crippen molar-refractivity contribution in [2.45, 2.75) is 33.2 Å². The summed E-state index contributed by atoms with van der Waals surface area (Å²) in [6.45, 7) is 6.86. The average molecular weight is 230 g/mol. The van der Waals surface area contributed by atoms with Crippen LogP contribution in [-0.2, 0) is 4.79 Å². The van der Waals surface area contributed by atoms with Crippen molar-refractivity contribution in [1.82, 2.24) is 10.6 Å². The van der Waals surface area contributed by atoms with Gasteiger partial charge in [0.2, 0.25) is 5.91 Å². The predicted molar refractivity (Wildman–Crippen MR) is 63.3 cm³/mol. The molecule has 0 radical (unpaired) electrons. The number of carbonyl (C=O) groups is 1. The third-order valence-electron chi connectivity index (χ3n) is 2.05. The molecule has 1 amide bonds. The van der Waals surface area contributed by atoms with Gasteiger partial charge in [-0.2, -0.15) is 0 Å². The number of amides is 1. The maximum absolute atomic E-state index is 11.2. The highest BCUT2D eigenvalue weighted by Crippen LogP contribution is 1.92. The number of rotatable bonds is 7. The van der Waals surface area contributed by atoms with Crippen molar-refractivity contribution in [3.8, 4) is 0 Å². The molecule has 94 valence electrons. The Morgan fingerprint density at radius 3 is 2.56 bits per heavy atom. The number of nitrogens with zero attached hydrogens (tertiary/aromatic N) is 1. The minimum Gasteiger partial charge on any atom is -0.409 e. The third-order valence-corrected chi connectivity index (χ3v) is 2.05. The zero-order valence-corrected chi connectivity index (χ0v) is 10.2. The molecule has 0 saturated carbocycles. The van der Waals surface area contributed by atoms with Gasteiger partial charge in [-0.3, -0.25) is 4.79 Å². The van der Waals surface area contributed by atoms with E-state index >= 15 is 0 Å². The van der Waals surface area contributed by atoms with Crippen LogP contribution in [0.4, 0.5) is 0 Å². The van der Waals surface area contributed by atoms with E-state index in [1.54, 1.807) is 0 Å². The highest BCUT2D eigenvalue weighted by molar-refractivity contribution is 5.82. The first kappa shape index (κ1) is 14.7. The van der Waals surface area contributed by atoms with Crippen LogP contribution < -0.4 is 16.4 Å². The fraction of sp³-hybridized carbons (Fsp3) is 0.800.